The third kappa shape index (κ3) is 2.51. The van der Waals surface area contributed by atoms with Crippen molar-refractivity contribution in [3.05, 3.63) is 36.0 Å². The van der Waals surface area contributed by atoms with Crippen LogP contribution in [0.5, 0.6) is 5.75 Å². The van der Waals surface area contributed by atoms with Crippen molar-refractivity contribution in [1.29, 1.82) is 0 Å². The van der Waals surface area contributed by atoms with E-state index in [-0.39, 0.29) is 5.69 Å². The van der Waals surface area contributed by atoms with E-state index in [0.717, 1.165) is 11.3 Å². The molecule has 0 radical (unpaired) electrons. The molecule has 2 aromatic rings. The minimum Gasteiger partial charge on any atom is -0.497 e. The van der Waals surface area contributed by atoms with Crippen LogP contribution in [0.2, 0.25) is 0 Å². The number of carbonyl (C=O) groups excluding carboxylic acids is 1. The van der Waals surface area contributed by atoms with Crippen LogP contribution in [0.25, 0.3) is 11.3 Å². The molecule has 1 aromatic carbocycles. The fourth-order valence-electron chi connectivity index (χ4n) is 1.47. The van der Waals surface area contributed by atoms with E-state index < -0.39 is 5.97 Å². The van der Waals surface area contributed by atoms with Gasteiger partial charge in [-0.05, 0) is 31.2 Å². The predicted octanol–water partition coefficient (Wildman–Crippen LogP) is 2.53. The van der Waals surface area contributed by atoms with Gasteiger partial charge in [0.1, 0.15) is 5.75 Å². The van der Waals surface area contributed by atoms with Gasteiger partial charge in [0.2, 0.25) is 0 Å². The molecule has 0 bridgehead atoms. The molecule has 1 aromatic heterocycles. The summed E-state index contributed by atoms with van der Waals surface area (Å²) in [5.74, 6) is 0.783. The molecule has 0 spiro atoms. The smallest absolute Gasteiger partial charge is 0.360 e. The number of ether oxygens (including phenoxy) is 2. The van der Waals surface area contributed by atoms with Crippen LogP contribution in [0.1, 0.15) is 17.4 Å². The number of methoxy groups -OCH3 is 1. The van der Waals surface area contributed by atoms with E-state index >= 15 is 0 Å². The lowest BCUT2D eigenvalue weighted by atomic mass is 10.1. The molecule has 2 rings (SSSR count). The van der Waals surface area contributed by atoms with Crippen molar-refractivity contribution in [2.75, 3.05) is 13.7 Å². The van der Waals surface area contributed by atoms with E-state index in [1.165, 1.54) is 0 Å². The van der Waals surface area contributed by atoms with Crippen LogP contribution in [0, 0.1) is 0 Å². The van der Waals surface area contributed by atoms with Gasteiger partial charge in [-0.1, -0.05) is 5.16 Å². The van der Waals surface area contributed by atoms with Gasteiger partial charge in [0, 0.05) is 11.6 Å². The number of nitrogens with zero attached hydrogens (tertiary/aromatic N) is 1. The molecule has 0 unspecified atom stereocenters. The second kappa shape index (κ2) is 5.35. The summed E-state index contributed by atoms with van der Waals surface area (Å²) < 4.78 is 15.0. The summed E-state index contributed by atoms with van der Waals surface area (Å²) in [7, 11) is 1.60. The van der Waals surface area contributed by atoms with E-state index in [2.05, 4.69) is 5.16 Å². The minimum atomic E-state index is -0.485. The number of benzene rings is 1. The Bertz CT molecular complexity index is 530. The second-order valence-corrected chi connectivity index (χ2v) is 3.53. The van der Waals surface area contributed by atoms with Crippen LogP contribution in [0.3, 0.4) is 0 Å². The lowest BCUT2D eigenvalue weighted by Crippen LogP contribution is -2.04. The lowest BCUT2D eigenvalue weighted by molar-refractivity contribution is 0.0514. The summed E-state index contributed by atoms with van der Waals surface area (Å²) in [6.07, 6.45) is 0. The Hall–Kier alpha value is -2.30. The summed E-state index contributed by atoms with van der Waals surface area (Å²) in [6.45, 7) is 2.05. The molecule has 0 N–H and O–H groups in total. The number of rotatable bonds is 4. The maximum absolute atomic E-state index is 11.4. The van der Waals surface area contributed by atoms with E-state index in [9.17, 15) is 4.79 Å². The zero-order valence-corrected chi connectivity index (χ0v) is 10.2. The topological polar surface area (TPSA) is 61.6 Å². The van der Waals surface area contributed by atoms with Gasteiger partial charge in [0.05, 0.1) is 13.7 Å². The van der Waals surface area contributed by atoms with Gasteiger partial charge in [0.15, 0.2) is 11.5 Å². The number of esters is 1. The van der Waals surface area contributed by atoms with Crippen molar-refractivity contribution in [2.45, 2.75) is 6.92 Å². The van der Waals surface area contributed by atoms with Crippen LogP contribution in [-0.4, -0.2) is 24.8 Å². The molecule has 0 atom stereocenters. The van der Waals surface area contributed by atoms with Gasteiger partial charge in [0.25, 0.3) is 0 Å². The van der Waals surface area contributed by atoms with Gasteiger partial charge >= 0.3 is 5.97 Å². The molecule has 94 valence electrons. The van der Waals surface area contributed by atoms with Crippen LogP contribution in [0.4, 0.5) is 0 Å². The number of carbonyl (C=O) groups is 1. The Kier molecular flexibility index (Phi) is 3.62. The minimum absolute atomic E-state index is 0.169. The van der Waals surface area contributed by atoms with Crippen molar-refractivity contribution in [3.63, 3.8) is 0 Å². The van der Waals surface area contributed by atoms with Crippen molar-refractivity contribution in [3.8, 4) is 17.1 Å². The van der Waals surface area contributed by atoms with Crippen LogP contribution >= 0.6 is 0 Å². The molecule has 0 fully saturated rings. The highest BCUT2D eigenvalue weighted by Crippen LogP contribution is 2.23. The first-order chi connectivity index (χ1) is 8.74. The number of hydrogen-bond donors (Lipinski definition) is 0. The molecule has 0 aliphatic carbocycles. The van der Waals surface area contributed by atoms with E-state index in [0.29, 0.717) is 12.4 Å². The molecule has 5 heteroatoms. The van der Waals surface area contributed by atoms with Crippen molar-refractivity contribution >= 4 is 5.97 Å². The highest BCUT2D eigenvalue weighted by atomic mass is 16.5. The predicted molar refractivity (Wildman–Crippen MR) is 64.4 cm³/mol. The number of hydrogen-bond acceptors (Lipinski definition) is 5. The van der Waals surface area contributed by atoms with Crippen LogP contribution in [0.15, 0.2) is 34.9 Å². The maximum Gasteiger partial charge on any atom is 0.360 e. The highest BCUT2D eigenvalue weighted by molar-refractivity contribution is 5.88. The van der Waals surface area contributed by atoms with Gasteiger partial charge in [-0.2, -0.15) is 0 Å². The summed E-state index contributed by atoms with van der Waals surface area (Å²) in [4.78, 5) is 11.4. The summed E-state index contributed by atoms with van der Waals surface area (Å²) in [5, 5.41) is 3.67. The molecule has 0 aliphatic rings. The normalized spacial score (nSPS) is 10.1. The molecular formula is C13H13NO4. The van der Waals surface area contributed by atoms with Crippen molar-refractivity contribution in [2.24, 2.45) is 0 Å². The van der Waals surface area contributed by atoms with E-state index in [1.807, 2.05) is 24.3 Å². The average molecular weight is 247 g/mol. The standard InChI is InChI=1S/C13H13NO4/c1-3-17-13(15)11-8-12(18-14-11)9-4-6-10(16-2)7-5-9/h4-8H,3H2,1-2H3. The summed E-state index contributed by atoms with van der Waals surface area (Å²) >= 11 is 0. The Morgan fingerprint density at radius 3 is 2.67 bits per heavy atom. The van der Waals surface area contributed by atoms with E-state index in [1.54, 1.807) is 20.1 Å². The van der Waals surface area contributed by atoms with E-state index in [4.69, 9.17) is 14.0 Å². The van der Waals surface area contributed by atoms with Gasteiger partial charge in [-0.25, -0.2) is 4.79 Å². The fraction of sp³-hybridized carbons (Fsp3) is 0.231. The molecular weight excluding hydrogens is 234 g/mol. The van der Waals surface area contributed by atoms with Crippen molar-refractivity contribution < 1.29 is 18.8 Å². The second-order valence-electron chi connectivity index (χ2n) is 3.53. The first-order valence-electron chi connectivity index (χ1n) is 5.53. The van der Waals surface area contributed by atoms with Crippen LogP contribution in [-0.2, 0) is 4.74 Å². The fourth-order valence-corrected chi connectivity index (χ4v) is 1.47. The third-order valence-electron chi connectivity index (χ3n) is 2.37. The monoisotopic (exact) mass is 247 g/mol. The SMILES string of the molecule is CCOC(=O)c1cc(-c2ccc(OC)cc2)on1. The maximum atomic E-state index is 11.4. The quantitative estimate of drug-likeness (QED) is 0.777. The molecule has 0 aliphatic heterocycles. The molecule has 18 heavy (non-hydrogen) atoms. The van der Waals surface area contributed by atoms with Gasteiger partial charge in [-0.15, -0.1) is 0 Å². The Labute approximate surface area is 104 Å². The zero-order valence-electron chi connectivity index (χ0n) is 10.2. The first kappa shape index (κ1) is 12.2. The Balaban J connectivity index is 2.20. The average Bonchev–Trinajstić information content (AvgIpc) is 2.89. The number of aromatic nitrogens is 1. The van der Waals surface area contributed by atoms with Gasteiger partial charge < -0.3 is 14.0 Å². The summed E-state index contributed by atoms with van der Waals surface area (Å²) in [6, 6.07) is 8.83. The molecule has 0 saturated heterocycles. The highest BCUT2D eigenvalue weighted by Gasteiger charge is 2.14. The van der Waals surface area contributed by atoms with Gasteiger partial charge in [-0.3, -0.25) is 0 Å². The third-order valence-corrected chi connectivity index (χ3v) is 2.37. The molecule has 5 nitrogen and oxygen atoms in total. The molecule has 1 heterocycles. The van der Waals surface area contributed by atoms with Crippen molar-refractivity contribution in [1.82, 2.24) is 5.16 Å². The lowest BCUT2D eigenvalue weighted by Gasteiger charge is -1.99. The largest absolute Gasteiger partial charge is 0.497 e. The zero-order chi connectivity index (χ0) is 13.0. The molecule has 0 saturated carbocycles. The first-order valence-corrected chi connectivity index (χ1v) is 5.53. The Morgan fingerprint density at radius 1 is 1.33 bits per heavy atom. The van der Waals surface area contributed by atoms with Crippen LogP contribution < -0.4 is 4.74 Å². The molecule has 0 amide bonds. The Morgan fingerprint density at radius 2 is 2.06 bits per heavy atom. The summed E-state index contributed by atoms with van der Waals surface area (Å²) in [5.41, 5.74) is 0.988.